The summed E-state index contributed by atoms with van der Waals surface area (Å²) in [6.07, 6.45) is 0. The van der Waals surface area contributed by atoms with Gasteiger partial charge >= 0.3 is 0 Å². The topological polar surface area (TPSA) is 23.8 Å². The first-order chi connectivity index (χ1) is 6.53. The Morgan fingerprint density at radius 1 is 1.21 bits per heavy atom. The molecule has 1 atom stereocenters. The summed E-state index contributed by atoms with van der Waals surface area (Å²) in [6, 6.07) is 13.6. The molecule has 0 heterocycles. The molecule has 2 heteroatoms. The van der Waals surface area contributed by atoms with Crippen LogP contribution in [-0.2, 0) is 0 Å². The van der Waals surface area contributed by atoms with E-state index in [1.807, 2.05) is 30.3 Å². The average molecular weight is 203 g/mol. The van der Waals surface area contributed by atoms with Gasteiger partial charge in [-0.25, -0.2) is 0 Å². The van der Waals surface area contributed by atoms with Gasteiger partial charge in [0.1, 0.15) is 0 Å². The van der Waals surface area contributed by atoms with E-state index in [2.05, 4.69) is 25.7 Å². The Bertz CT molecular complexity index is 318. The second kappa shape index (κ2) is 4.43. The normalized spacial score (nSPS) is 13.3. The van der Waals surface area contributed by atoms with Crippen LogP contribution in [0, 0.1) is 11.3 Å². The second-order valence-electron chi connectivity index (χ2n) is 4.86. The third-order valence-corrected chi connectivity index (χ3v) is 3.81. The van der Waals surface area contributed by atoms with Crippen LogP contribution in [0.4, 0.5) is 0 Å². The van der Waals surface area contributed by atoms with Crippen LogP contribution in [0.25, 0.3) is 0 Å². The molecule has 0 aromatic heterocycles. The van der Waals surface area contributed by atoms with Crippen molar-refractivity contribution in [1.29, 1.82) is 5.26 Å². The largest absolute Gasteiger partial charge is 0.198 e. The average Bonchev–Trinajstić information content (AvgIpc) is 2.14. The lowest BCUT2D eigenvalue weighted by Crippen LogP contribution is -2.22. The molecule has 1 aromatic carbocycles. The molecule has 1 aromatic rings. The van der Waals surface area contributed by atoms with Gasteiger partial charge in [-0.3, -0.25) is 0 Å². The van der Waals surface area contributed by atoms with Crippen LogP contribution in [0.15, 0.2) is 30.3 Å². The summed E-state index contributed by atoms with van der Waals surface area (Å²) in [5, 5.41) is 9.12. The summed E-state index contributed by atoms with van der Waals surface area (Å²) in [7, 11) is -1.15. The Balaban J connectivity index is 2.80. The highest BCUT2D eigenvalue weighted by atomic mass is 28.3. The van der Waals surface area contributed by atoms with E-state index in [9.17, 15) is 0 Å². The molecule has 0 amide bonds. The maximum Gasteiger partial charge on any atom is 0.0700 e. The molecule has 0 saturated carbocycles. The molecule has 0 spiro atoms. The first-order valence-electron chi connectivity index (χ1n) is 4.97. The smallest absolute Gasteiger partial charge is 0.0700 e. The van der Waals surface area contributed by atoms with Gasteiger partial charge in [-0.1, -0.05) is 50.0 Å². The zero-order chi connectivity index (χ0) is 10.6. The molecule has 0 bridgehead atoms. The maximum absolute atomic E-state index is 9.12. The standard InChI is InChI=1S/C12H17NSi/c1-14(2,3)10-12(9-13)11-7-5-4-6-8-11/h4-8,12H,10H2,1-3H3. The third-order valence-electron chi connectivity index (χ3n) is 2.17. The first-order valence-corrected chi connectivity index (χ1v) is 8.68. The van der Waals surface area contributed by atoms with E-state index in [1.54, 1.807) is 0 Å². The Kier molecular flexibility index (Phi) is 3.48. The van der Waals surface area contributed by atoms with E-state index in [-0.39, 0.29) is 5.92 Å². The van der Waals surface area contributed by atoms with Gasteiger partial charge in [0.25, 0.3) is 0 Å². The monoisotopic (exact) mass is 203 g/mol. The Labute approximate surface area is 87.4 Å². The minimum Gasteiger partial charge on any atom is -0.198 e. The molecule has 14 heavy (non-hydrogen) atoms. The van der Waals surface area contributed by atoms with Gasteiger partial charge in [0, 0.05) is 8.07 Å². The number of nitriles is 1. The first kappa shape index (κ1) is 11.0. The summed E-state index contributed by atoms with van der Waals surface area (Å²) < 4.78 is 0. The minimum absolute atomic E-state index is 0.0860. The van der Waals surface area contributed by atoms with Gasteiger partial charge in [0.2, 0.25) is 0 Å². The molecule has 0 saturated heterocycles. The summed E-state index contributed by atoms with van der Waals surface area (Å²) in [5.41, 5.74) is 1.16. The van der Waals surface area contributed by atoms with E-state index in [4.69, 9.17) is 5.26 Å². The molecule has 0 N–H and O–H groups in total. The molecule has 0 aliphatic rings. The number of rotatable bonds is 3. The molecule has 74 valence electrons. The van der Waals surface area contributed by atoms with Gasteiger partial charge in [0.05, 0.1) is 12.0 Å². The van der Waals surface area contributed by atoms with E-state index in [0.717, 1.165) is 11.6 Å². The number of benzene rings is 1. The zero-order valence-corrected chi connectivity index (χ0v) is 10.1. The molecule has 1 unspecified atom stereocenters. The van der Waals surface area contributed by atoms with Crippen molar-refractivity contribution in [2.75, 3.05) is 0 Å². The predicted molar refractivity (Wildman–Crippen MR) is 62.9 cm³/mol. The van der Waals surface area contributed by atoms with Gasteiger partial charge in [-0.15, -0.1) is 0 Å². The van der Waals surface area contributed by atoms with Gasteiger partial charge in [-0.05, 0) is 11.6 Å². The highest BCUT2D eigenvalue weighted by Crippen LogP contribution is 2.25. The second-order valence-corrected chi connectivity index (χ2v) is 10.4. The molecule has 0 aliphatic carbocycles. The van der Waals surface area contributed by atoms with Crippen molar-refractivity contribution in [1.82, 2.24) is 0 Å². The number of nitrogens with zero attached hydrogens (tertiary/aromatic N) is 1. The van der Waals surface area contributed by atoms with E-state index in [0.29, 0.717) is 0 Å². The van der Waals surface area contributed by atoms with Crippen molar-refractivity contribution in [2.45, 2.75) is 31.6 Å². The number of hydrogen-bond acceptors (Lipinski definition) is 1. The quantitative estimate of drug-likeness (QED) is 0.688. The van der Waals surface area contributed by atoms with Crippen molar-refractivity contribution < 1.29 is 0 Å². The van der Waals surface area contributed by atoms with Crippen molar-refractivity contribution in [3.05, 3.63) is 35.9 Å². The molecular formula is C12H17NSi. The Morgan fingerprint density at radius 2 is 1.79 bits per heavy atom. The zero-order valence-electron chi connectivity index (χ0n) is 9.12. The van der Waals surface area contributed by atoms with Crippen LogP contribution in [-0.4, -0.2) is 8.07 Å². The van der Waals surface area contributed by atoms with Crippen molar-refractivity contribution in [3.8, 4) is 6.07 Å². The fraction of sp³-hybridized carbons (Fsp3) is 0.417. The summed E-state index contributed by atoms with van der Waals surface area (Å²) >= 11 is 0. The predicted octanol–water partition coefficient (Wildman–Crippen LogP) is 3.63. The lowest BCUT2D eigenvalue weighted by Gasteiger charge is -2.19. The lowest BCUT2D eigenvalue weighted by molar-refractivity contribution is 0.953. The van der Waals surface area contributed by atoms with Crippen LogP contribution < -0.4 is 0 Å². The van der Waals surface area contributed by atoms with Gasteiger partial charge < -0.3 is 0 Å². The lowest BCUT2D eigenvalue weighted by atomic mass is 10.0. The highest BCUT2D eigenvalue weighted by Gasteiger charge is 2.21. The fourth-order valence-corrected chi connectivity index (χ4v) is 3.09. The van der Waals surface area contributed by atoms with Crippen LogP contribution in [0.2, 0.25) is 25.7 Å². The molecule has 0 radical (unpaired) electrons. The number of hydrogen-bond donors (Lipinski definition) is 0. The minimum atomic E-state index is -1.15. The highest BCUT2D eigenvalue weighted by molar-refractivity contribution is 6.76. The van der Waals surface area contributed by atoms with Crippen molar-refractivity contribution in [2.24, 2.45) is 0 Å². The molecule has 1 nitrogen and oxygen atoms in total. The van der Waals surface area contributed by atoms with E-state index in [1.165, 1.54) is 0 Å². The summed E-state index contributed by atoms with van der Waals surface area (Å²) in [4.78, 5) is 0. The van der Waals surface area contributed by atoms with Crippen molar-refractivity contribution in [3.63, 3.8) is 0 Å². The van der Waals surface area contributed by atoms with Gasteiger partial charge in [0.15, 0.2) is 0 Å². The van der Waals surface area contributed by atoms with Crippen LogP contribution >= 0.6 is 0 Å². The van der Waals surface area contributed by atoms with Crippen LogP contribution in [0.3, 0.4) is 0 Å². The Hall–Kier alpha value is -1.07. The van der Waals surface area contributed by atoms with E-state index < -0.39 is 8.07 Å². The third kappa shape index (κ3) is 3.35. The summed E-state index contributed by atoms with van der Waals surface area (Å²) in [5.74, 6) is 0.0860. The molecule has 1 rings (SSSR count). The molecule has 0 fully saturated rings. The van der Waals surface area contributed by atoms with Gasteiger partial charge in [-0.2, -0.15) is 5.26 Å². The maximum atomic E-state index is 9.12. The fourth-order valence-electron chi connectivity index (χ4n) is 1.54. The molecule has 0 aliphatic heterocycles. The van der Waals surface area contributed by atoms with E-state index >= 15 is 0 Å². The summed E-state index contributed by atoms with van der Waals surface area (Å²) in [6.45, 7) is 6.92. The van der Waals surface area contributed by atoms with Crippen LogP contribution in [0.1, 0.15) is 11.5 Å². The SMILES string of the molecule is C[Si](C)(C)CC(C#N)c1ccccc1. The van der Waals surface area contributed by atoms with Crippen LogP contribution in [0.5, 0.6) is 0 Å². The van der Waals surface area contributed by atoms with Crippen molar-refractivity contribution >= 4 is 8.07 Å². The Morgan fingerprint density at radius 3 is 2.21 bits per heavy atom. The molecular weight excluding hydrogens is 186 g/mol.